The number of hydrogen-bond donors (Lipinski definition) is 0. The molecule has 0 unspecified atom stereocenters. The lowest BCUT2D eigenvalue weighted by Gasteiger charge is -2.27. The SMILES string of the molecule is [2H]C([2H])([2H])C(c1cc(-c2cccc3c4cc(-c5cc(C(C)(C)C)cc(C(C)(C)C)c5)ccc4c4ccccc4c4cccc5c4n(c23)CN5c2cccc(Oc3ccc4c5ccccc5n(-c5cc(C(C)(C)C)ccn5)c4c3)c2)cc(C(C)(C)C)c1)(C([2H])([2H])[2H])C([2H])([2H])[2H]. The Morgan fingerprint density at radius 3 is 1.60 bits per heavy atom. The molecule has 12 aromatic rings. The molecule has 1 aliphatic rings. The summed E-state index contributed by atoms with van der Waals surface area (Å²) in [6, 6.07) is 66.8. The molecule has 0 bridgehead atoms. The van der Waals surface area contributed by atoms with E-state index in [-0.39, 0.29) is 28.5 Å². The van der Waals surface area contributed by atoms with Gasteiger partial charge in [0.1, 0.15) is 24.0 Å². The van der Waals surface area contributed by atoms with Gasteiger partial charge < -0.3 is 14.2 Å². The van der Waals surface area contributed by atoms with Crippen molar-refractivity contribution in [1.29, 1.82) is 0 Å². The second-order valence-electron chi connectivity index (χ2n) is 27.6. The van der Waals surface area contributed by atoms with Crippen LogP contribution in [0.5, 0.6) is 11.5 Å². The number of fused-ring (bicyclic) bond motifs is 10. The van der Waals surface area contributed by atoms with E-state index in [1.165, 1.54) is 28.8 Å². The number of hydrogen-bond acceptors (Lipinski definition) is 3. The Morgan fingerprint density at radius 1 is 0.388 bits per heavy atom. The quantitative estimate of drug-likeness (QED) is 0.166. The van der Waals surface area contributed by atoms with Gasteiger partial charge in [-0.1, -0.05) is 231 Å². The highest BCUT2D eigenvalue weighted by atomic mass is 16.5. The lowest BCUT2D eigenvalue weighted by molar-refractivity contribution is 0.483. The van der Waals surface area contributed by atoms with Crippen molar-refractivity contribution >= 4 is 76.5 Å². The minimum absolute atomic E-state index is 0.0908. The van der Waals surface area contributed by atoms with Gasteiger partial charge in [-0.05, 0) is 148 Å². The first-order valence-electron chi connectivity index (χ1n) is 34.2. The second-order valence-corrected chi connectivity index (χ2v) is 27.6. The standard InChI is InChI=1S/C80H80N4O/c1-76(2,3)53-37-38-81-73(46-53)84-70-31-19-18-27-65(70)66-36-34-60(48-72(66)84)85-59-24-20-23-58(47-59)82-49-83-74-61(52-41-56(79(10,11)12)45-57(42-52)80(13,14)15)28-21-29-68(74)69-43-50(51-39-54(77(4,5)6)44-55(40-51)78(7,8)9)33-35-64(69)62-25-16-17-26-63(62)67-30-22-32-71(82)75(67)83/h16-48H,49H2,1-15H3/i10D3,11D3,12D3. The van der Waals surface area contributed by atoms with Gasteiger partial charge in [0.05, 0.1) is 27.8 Å². The molecule has 0 fully saturated rings. The third-order valence-corrected chi connectivity index (χ3v) is 17.4. The molecule has 0 aliphatic carbocycles. The van der Waals surface area contributed by atoms with Gasteiger partial charge in [0.25, 0.3) is 0 Å². The van der Waals surface area contributed by atoms with Crippen LogP contribution in [0.25, 0.3) is 93.2 Å². The van der Waals surface area contributed by atoms with Crippen molar-refractivity contribution in [3.8, 4) is 39.6 Å². The zero-order valence-corrected chi connectivity index (χ0v) is 51.0. The molecule has 5 heteroatoms. The molecule has 3 aromatic heterocycles. The van der Waals surface area contributed by atoms with Crippen LogP contribution < -0.4 is 9.64 Å². The monoisotopic (exact) mass is 1120 g/mol. The van der Waals surface area contributed by atoms with E-state index in [1.54, 1.807) is 0 Å². The summed E-state index contributed by atoms with van der Waals surface area (Å²) in [5.41, 5.74) is 8.20. The van der Waals surface area contributed by atoms with Crippen LogP contribution in [0.1, 0.15) is 144 Å². The van der Waals surface area contributed by atoms with Crippen molar-refractivity contribution < 1.29 is 17.1 Å². The number of nitrogens with zero attached hydrogens (tertiary/aromatic N) is 4. The van der Waals surface area contributed by atoms with E-state index in [1.807, 2.05) is 63.4 Å². The summed E-state index contributed by atoms with van der Waals surface area (Å²) in [7, 11) is 0. The zero-order chi connectivity index (χ0) is 67.2. The van der Waals surface area contributed by atoms with Crippen molar-refractivity contribution in [2.24, 2.45) is 0 Å². The highest BCUT2D eigenvalue weighted by Gasteiger charge is 2.29. The third kappa shape index (κ3) is 9.99. The molecule has 13 rings (SSSR count). The number of aromatic nitrogens is 3. The predicted octanol–water partition coefficient (Wildman–Crippen LogP) is 22.4. The molecular weight excluding hydrogens is 1030 g/mol. The highest BCUT2D eigenvalue weighted by Crippen LogP contribution is 2.47. The van der Waals surface area contributed by atoms with Gasteiger partial charge in [0.15, 0.2) is 0 Å². The molecule has 9 aromatic carbocycles. The van der Waals surface area contributed by atoms with Crippen LogP contribution in [-0.4, -0.2) is 14.1 Å². The lowest BCUT2D eigenvalue weighted by atomic mass is 9.78. The average molecular weight is 1120 g/mol. The molecule has 0 radical (unpaired) electrons. The molecule has 0 atom stereocenters. The lowest BCUT2D eigenvalue weighted by Crippen LogP contribution is -2.17. The maximum absolute atomic E-state index is 8.98. The first-order chi connectivity index (χ1) is 44.0. The number of rotatable bonds is 6. The van der Waals surface area contributed by atoms with Crippen LogP contribution in [0.4, 0.5) is 11.4 Å². The van der Waals surface area contributed by atoms with Crippen LogP contribution >= 0.6 is 0 Å². The topological polar surface area (TPSA) is 35.2 Å². The number of pyridine rings is 1. The Kier molecular flexibility index (Phi) is 10.7. The van der Waals surface area contributed by atoms with E-state index in [2.05, 4.69) is 222 Å². The normalized spacial score (nSPS) is 15.3. The molecular formula is C80H80N4O. The molecule has 1 aliphatic heterocycles. The Morgan fingerprint density at radius 2 is 0.929 bits per heavy atom. The van der Waals surface area contributed by atoms with Gasteiger partial charge >= 0.3 is 0 Å². The minimum Gasteiger partial charge on any atom is -0.457 e. The number of para-hydroxylation sites is 3. The Hall–Kier alpha value is -8.67. The van der Waals surface area contributed by atoms with Crippen molar-refractivity contribution in [1.82, 2.24) is 14.1 Å². The Labute approximate surface area is 515 Å². The van der Waals surface area contributed by atoms with E-state index in [0.29, 0.717) is 28.2 Å². The third-order valence-electron chi connectivity index (χ3n) is 17.4. The van der Waals surface area contributed by atoms with Crippen molar-refractivity contribution in [2.75, 3.05) is 4.90 Å². The molecule has 0 spiro atoms. The first-order valence-corrected chi connectivity index (χ1v) is 29.7. The van der Waals surface area contributed by atoms with Crippen LogP contribution in [0.2, 0.25) is 0 Å². The summed E-state index contributed by atoms with van der Waals surface area (Å²) in [4.78, 5) is 7.21. The van der Waals surface area contributed by atoms with Crippen molar-refractivity contribution in [3.63, 3.8) is 0 Å². The molecule has 0 N–H and O–H groups in total. The van der Waals surface area contributed by atoms with Gasteiger partial charge in [-0.25, -0.2) is 4.98 Å². The van der Waals surface area contributed by atoms with Crippen LogP contribution in [0, 0.1) is 0 Å². The summed E-state index contributed by atoms with van der Waals surface area (Å²) >= 11 is 0. The fraction of sp³-hybridized carbons (Fsp3) is 0.263. The first kappa shape index (κ1) is 45.7. The average Bonchev–Trinajstić information content (AvgIpc) is 1.16. The van der Waals surface area contributed by atoms with Crippen LogP contribution in [0.15, 0.2) is 200 Å². The molecule has 0 saturated heterocycles. The smallest absolute Gasteiger partial charge is 0.137 e. The number of ether oxygens (including phenoxy) is 1. The Balaban J connectivity index is 1.09. The van der Waals surface area contributed by atoms with E-state index in [0.717, 1.165) is 93.5 Å². The summed E-state index contributed by atoms with van der Waals surface area (Å²) < 4.78 is 92.4. The van der Waals surface area contributed by atoms with Gasteiger partial charge in [0.2, 0.25) is 0 Å². The summed E-state index contributed by atoms with van der Waals surface area (Å²) in [6.45, 7) is 15.8. The molecule has 5 nitrogen and oxygen atoms in total. The summed E-state index contributed by atoms with van der Waals surface area (Å²) in [5, 5.41) is 7.98. The fourth-order valence-electron chi connectivity index (χ4n) is 12.6. The maximum Gasteiger partial charge on any atom is 0.137 e. The molecule has 0 amide bonds. The van der Waals surface area contributed by atoms with Crippen molar-refractivity contribution in [3.05, 3.63) is 228 Å². The molecule has 85 heavy (non-hydrogen) atoms. The van der Waals surface area contributed by atoms with E-state index in [9.17, 15) is 0 Å². The summed E-state index contributed by atoms with van der Waals surface area (Å²) in [6.07, 6.45) is 1.89. The predicted molar refractivity (Wildman–Crippen MR) is 364 cm³/mol. The van der Waals surface area contributed by atoms with Gasteiger partial charge in [0, 0.05) is 63.5 Å². The molecule has 4 heterocycles. The molecule has 426 valence electrons. The highest BCUT2D eigenvalue weighted by molar-refractivity contribution is 6.22. The number of anilines is 2. The zero-order valence-electron chi connectivity index (χ0n) is 60.0. The fourth-order valence-corrected chi connectivity index (χ4v) is 12.6. The molecule has 0 saturated carbocycles. The van der Waals surface area contributed by atoms with E-state index in [4.69, 9.17) is 22.1 Å². The van der Waals surface area contributed by atoms with E-state index < -0.39 is 31.4 Å². The number of benzene rings is 9. The van der Waals surface area contributed by atoms with Gasteiger partial charge in [-0.2, -0.15) is 0 Å². The van der Waals surface area contributed by atoms with Crippen LogP contribution in [-0.2, 0) is 33.7 Å². The second kappa shape index (κ2) is 20.0. The van der Waals surface area contributed by atoms with Gasteiger partial charge in [-0.15, -0.1) is 0 Å². The summed E-state index contributed by atoms with van der Waals surface area (Å²) in [5.74, 6) is 2.09. The van der Waals surface area contributed by atoms with Crippen LogP contribution in [0.3, 0.4) is 0 Å². The van der Waals surface area contributed by atoms with E-state index >= 15 is 0 Å². The maximum atomic E-state index is 8.98. The largest absolute Gasteiger partial charge is 0.457 e. The van der Waals surface area contributed by atoms with Crippen molar-refractivity contribution in [2.45, 2.75) is 137 Å². The minimum atomic E-state index is -3.50. The Bertz CT molecular complexity index is 5040. The van der Waals surface area contributed by atoms with Gasteiger partial charge in [-0.3, -0.25) is 4.57 Å².